The number of nitrogens with zero attached hydrogens (tertiary/aromatic N) is 4. The third-order valence-corrected chi connectivity index (χ3v) is 7.61. The molecule has 178 valence electrons. The molecular weight excluding hydrogens is 424 g/mol. The molecule has 3 aromatic rings. The van der Waals surface area contributed by atoms with Gasteiger partial charge in [-0.25, -0.2) is 4.52 Å². The Labute approximate surface area is 201 Å². The number of pyridine rings is 1. The second-order valence-corrected chi connectivity index (χ2v) is 9.67. The quantitative estimate of drug-likeness (QED) is 0.549. The molecule has 34 heavy (non-hydrogen) atoms. The van der Waals surface area contributed by atoms with Crippen molar-refractivity contribution in [3.8, 4) is 0 Å². The number of piperidine rings is 2. The van der Waals surface area contributed by atoms with E-state index in [1.54, 1.807) is 6.20 Å². The first-order valence-electron chi connectivity index (χ1n) is 12.8. The van der Waals surface area contributed by atoms with Gasteiger partial charge < -0.3 is 9.80 Å². The van der Waals surface area contributed by atoms with Crippen LogP contribution in [0, 0.1) is 0 Å². The average Bonchev–Trinajstić information content (AvgIpc) is 3.33. The van der Waals surface area contributed by atoms with Crippen LogP contribution in [0.3, 0.4) is 0 Å². The molecule has 0 aliphatic carbocycles. The molecule has 0 bridgehead atoms. The summed E-state index contributed by atoms with van der Waals surface area (Å²) in [5.74, 6) is 0.662. The highest BCUT2D eigenvalue weighted by molar-refractivity contribution is 6.00. The molecule has 0 spiro atoms. The number of aromatic nitrogens is 2. The first-order valence-corrected chi connectivity index (χ1v) is 12.8. The fraction of sp³-hybridized carbons (Fsp3) is 0.464. The predicted molar refractivity (Wildman–Crippen MR) is 133 cm³/mol. The Balaban J connectivity index is 1.28. The van der Waals surface area contributed by atoms with Gasteiger partial charge >= 0.3 is 0 Å². The van der Waals surface area contributed by atoms with Gasteiger partial charge in [-0.2, -0.15) is 5.10 Å². The maximum absolute atomic E-state index is 13.3. The lowest BCUT2D eigenvalue weighted by Crippen LogP contribution is -2.40. The van der Waals surface area contributed by atoms with E-state index in [4.69, 9.17) is 0 Å². The summed E-state index contributed by atoms with van der Waals surface area (Å²) >= 11 is 0. The zero-order valence-electron chi connectivity index (χ0n) is 20.0. The normalized spacial score (nSPS) is 18.3. The van der Waals surface area contributed by atoms with E-state index < -0.39 is 0 Å². The molecule has 6 heteroatoms. The highest BCUT2D eigenvalue weighted by atomic mass is 16.2. The van der Waals surface area contributed by atoms with Crippen molar-refractivity contribution in [2.75, 3.05) is 26.2 Å². The van der Waals surface area contributed by atoms with Crippen LogP contribution in [0.5, 0.6) is 0 Å². The first-order chi connectivity index (χ1) is 16.7. The fourth-order valence-corrected chi connectivity index (χ4v) is 5.57. The van der Waals surface area contributed by atoms with Crippen LogP contribution in [-0.2, 0) is 4.79 Å². The fourth-order valence-electron chi connectivity index (χ4n) is 5.57. The van der Waals surface area contributed by atoms with E-state index in [1.165, 1.54) is 12.0 Å². The van der Waals surface area contributed by atoms with Gasteiger partial charge in [0.05, 0.1) is 23.2 Å². The minimum absolute atomic E-state index is 0.0655. The van der Waals surface area contributed by atoms with Crippen molar-refractivity contribution < 1.29 is 9.59 Å². The number of carbonyl (C=O) groups is 2. The smallest absolute Gasteiger partial charge is 0.257 e. The van der Waals surface area contributed by atoms with E-state index in [0.29, 0.717) is 11.5 Å². The molecule has 5 rings (SSSR count). The van der Waals surface area contributed by atoms with Crippen molar-refractivity contribution in [3.05, 3.63) is 71.5 Å². The minimum Gasteiger partial charge on any atom is -0.342 e. The molecule has 2 aromatic heterocycles. The Morgan fingerprint density at radius 1 is 0.971 bits per heavy atom. The van der Waals surface area contributed by atoms with Crippen molar-refractivity contribution in [1.82, 2.24) is 19.4 Å². The van der Waals surface area contributed by atoms with Crippen LogP contribution in [0.4, 0.5) is 0 Å². The van der Waals surface area contributed by atoms with Gasteiger partial charge in [0.2, 0.25) is 5.91 Å². The first kappa shape index (κ1) is 22.6. The molecule has 2 aliphatic rings. The molecule has 2 aliphatic heterocycles. The minimum atomic E-state index is -0.0655. The van der Waals surface area contributed by atoms with Gasteiger partial charge in [-0.3, -0.25) is 9.59 Å². The van der Waals surface area contributed by atoms with Crippen molar-refractivity contribution >= 4 is 17.3 Å². The number of benzene rings is 1. The van der Waals surface area contributed by atoms with E-state index in [0.717, 1.165) is 69.4 Å². The molecule has 1 unspecified atom stereocenters. The molecule has 1 aromatic carbocycles. The summed E-state index contributed by atoms with van der Waals surface area (Å²) in [6, 6.07) is 14.4. The number of fused-ring (bicyclic) bond motifs is 1. The summed E-state index contributed by atoms with van der Waals surface area (Å²) in [7, 11) is 0. The van der Waals surface area contributed by atoms with E-state index in [-0.39, 0.29) is 17.7 Å². The summed E-state index contributed by atoms with van der Waals surface area (Å²) in [5.41, 5.74) is 3.93. The summed E-state index contributed by atoms with van der Waals surface area (Å²) in [4.78, 5) is 30.4. The molecule has 0 N–H and O–H groups in total. The van der Waals surface area contributed by atoms with Gasteiger partial charge in [0.1, 0.15) is 0 Å². The van der Waals surface area contributed by atoms with Crippen LogP contribution < -0.4 is 0 Å². The zero-order valence-corrected chi connectivity index (χ0v) is 20.0. The topological polar surface area (TPSA) is 57.9 Å². The molecule has 0 saturated carbocycles. The number of hydrogen-bond acceptors (Lipinski definition) is 3. The lowest BCUT2D eigenvalue weighted by molar-refractivity contribution is -0.134. The molecule has 6 nitrogen and oxygen atoms in total. The van der Waals surface area contributed by atoms with Crippen molar-refractivity contribution in [3.63, 3.8) is 0 Å². The average molecular weight is 459 g/mol. The predicted octanol–water partition coefficient (Wildman–Crippen LogP) is 4.86. The summed E-state index contributed by atoms with van der Waals surface area (Å²) < 4.78 is 1.81. The third-order valence-electron chi connectivity index (χ3n) is 7.61. The lowest BCUT2D eigenvalue weighted by atomic mass is 9.88. The highest BCUT2D eigenvalue weighted by Gasteiger charge is 2.29. The molecular formula is C28H34N4O2. The molecule has 4 heterocycles. The Morgan fingerprint density at radius 2 is 1.71 bits per heavy atom. The van der Waals surface area contributed by atoms with Crippen molar-refractivity contribution in [1.29, 1.82) is 0 Å². The number of amides is 2. The van der Waals surface area contributed by atoms with Gasteiger partial charge in [-0.15, -0.1) is 0 Å². The zero-order chi connectivity index (χ0) is 23.5. The molecule has 2 saturated heterocycles. The molecule has 2 fully saturated rings. The number of rotatable bonds is 5. The molecule has 0 radical (unpaired) electrons. The largest absolute Gasteiger partial charge is 0.342 e. The van der Waals surface area contributed by atoms with E-state index in [9.17, 15) is 9.59 Å². The van der Waals surface area contributed by atoms with Crippen LogP contribution in [-0.4, -0.2) is 57.4 Å². The van der Waals surface area contributed by atoms with Gasteiger partial charge in [-0.05, 0) is 67.7 Å². The van der Waals surface area contributed by atoms with Crippen LogP contribution in [0.2, 0.25) is 0 Å². The van der Waals surface area contributed by atoms with Crippen molar-refractivity contribution in [2.24, 2.45) is 0 Å². The number of hydrogen-bond donors (Lipinski definition) is 0. The van der Waals surface area contributed by atoms with Crippen LogP contribution in [0.1, 0.15) is 78.8 Å². The summed E-state index contributed by atoms with van der Waals surface area (Å²) in [6.07, 6.45) is 9.74. The Kier molecular flexibility index (Phi) is 6.66. The van der Waals surface area contributed by atoms with Gasteiger partial charge in [0.15, 0.2) is 0 Å². The van der Waals surface area contributed by atoms with Crippen LogP contribution in [0.25, 0.3) is 5.52 Å². The maximum atomic E-state index is 13.3. The van der Waals surface area contributed by atoms with E-state index in [2.05, 4.69) is 36.3 Å². The van der Waals surface area contributed by atoms with Crippen LogP contribution >= 0.6 is 0 Å². The maximum Gasteiger partial charge on any atom is 0.257 e. The summed E-state index contributed by atoms with van der Waals surface area (Å²) in [6.45, 7) is 5.31. The lowest BCUT2D eigenvalue weighted by Gasteiger charge is -2.34. The molecule has 2 amide bonds. The standard InChI is InChI=1S/C28H34N4O2/c1-2-24(22-9-5-3-6-10-22)27(33)31-16-11-21(12-17-31)23-13-18-32-26(19-23)25(20-29-32)28(34)30-14-7-4-8-15-30/h3,5-6,9-10,13,18-21,24H,2,4,7-8,11-12,14-17H2,1H3. The van der Waals surface area contributed by atoms with Gasteiger partial charge in [-0.1, -0.05) is 37.3 Å². The monoisotopic (exact) mass is 458 g/mol. The second kappa shape index (κ2) is 10.00. The SMILES string of the molecule is CCC(C(=O)N1CCC(c2ccn3ncc(C(=O)N4CCCCC4)c3c2)CC1)c1ccccc1. The van der Waals surface area contributed by atoms with Crippen molar-refractivity contribution in [2.45, 2.75) is 57.3 Å². The highest BCUT2D eigenvalue weighted by Crippen LogP contribution is 2.32. The van der Waals surface area contributed by atoms with Gasteiger partial charge in [0.25, 0.3) is 5.91 Å². The third kappa shape index (κ3) is 4.46. The van der Waals surface area contributed by atoms with Gasteiger partial charge in [0, 0.05) is 32.4 Å². The Morgan fingerprint density at radius 3 is 2.41 bits per heavy atom. The number of carbonyl (C=O) groups excluding carboxylic acids is 2. The number of likely N-dealkylation sites (tertiary alicyclic amines) is 2. The summed E-state index contributed by atoms with van der Waals surface area (Å²) in [5, 5.41) is 4.43. The Bertz CT molecular complexity index is 1140. The second-order valence-electron chi connectivity index (χ2n) is 9.67. The van der Waals surface area contributed by atoms with E-state index >= 15 is 0 Å². The molecule has 1 atom stereocenters. The Hall–Kier alpha value is -3.15. The van der Waals surface area contributed by atoms with E-state index in [1.807, 2.05) is 38.7 Å². The van der Waals surface area contributed by atoms with Crippen LogP contribution in [0.15, 0.2) is 54.9 Å².